The summed E-state index contributed by atoms with van der Waals surface area (Å²) in [6.45, 7) is 0.558. The molecule has 5 rings (SSSR count). The first-order valence-electron chi connectivity index (χ1n) is 7.87. The van der Waals surface area contributed by atoms with Crippen molar-refractivity contribution in [2.75, 3.05) is 13.7 Å². The summed E-state index contributed by atoms with van der Waals surface area (Å²) in [5.74, 6) is 0.509. The summed E-state index contributed by atoms with van der Waals surface area (Å²) in [5.41, 5.74) is 0.784. The molecule has 0 amide bonds. The van der Waals surface area contributed by atoms with Crippen molar-refractivity contribution in [1.82, 2.24) is 0 Å². The van der Waals surface area contributed by atoms with Gasteiger partial charge in [0.2, 0.25) is 11.7 Å². The van der Waals surface area contributed by atoms with Crippen LogP contribution in [0.5, 0.6) is 17.2 Å². The molecule has 2 aliphatic rings. The number of phenols is 1. The van der Waals surface area contributed by atoms with Crippen molar-refractivity contribution in [1.29, 1.82) is 0 Å². The zero-order valence-electron chi connectivity index (χ0n) is 13.2. The molecular weight excluding hydrogens is 348 g/mol. The number of ether oxygens (including phenoxy) is 3. The minimum atomic E-state index is -0.425. The van der Waals surface area contributed by atoms with Crippen LogP contribution in [0, 0.1) is 0 Å². The number of benzene rings is 2. The number of rotatable bonds is 1. The van der Waals surface area contributed by atoms with Crippen LogP contribution in [0.4, 0.5) is 0 Å². The molecule has 128 valence electrons. The zero-order valence-corrected chi connectivity index (χ0v) is 13.9. The van der Waals surface area contributed by atoms with Gasteiger partial charge in [-0.25, -0.2) is 0 Å². The number of methoxy groups -OCH3 is 1. The van der Waals surface area contributed by atoms with E-state index in [1.165, 1.54) is 7.11 Å². The van der Waals surface area contributed by atoms with E-state index >= 15 is 0 Å². The van der Waals surface area contributed by atoms with Gasteiger partial charge in [0.1, 0.15) is 33.4 Å². The van der Waals surface area contributed by atoms with E-state index in [0.717, 1.165) is 6.42 Å². The maximum absolute atomic E-state index is 13.1. The molecule has 6 nitrogen and oxygen atoms in total. The second-order valence-corrected chi connectivity index (χ2v) is 6.55. The van der Waals surface area contributed by atoms with Crippen LogP contribution in [0.25, 0.3) is 21.9 Å². The molecule has 3 aromatic rings. The molecule has 0 spiro atoms. The Morgan fingerprint density at radius 1 is 1.28 bits per heavy atom. The molecule has 0 saturated carbocycles. The Morgan fingerprint density at radius 3 is 2.92 bits per heavy atom. The Balaban J connectivity index is 1.92. The fourth-order valence-electron chi connectivity index (χ4n) is 3.76. The van der Waals surface area contributed by atoms with Crippen molar-refractivity contribution in [2.45, 2.75) is 18.6 Å². The molecule has 1 N–H and O–H groups in total. The third-order valence-corrected chi connectivity index (χ3v) is 5.17. The molecular formula is C18H13ClO6. The van der Waals surface area contributed by atoms with Crippen LogP contribution in [-0.4, -0.2) is 25.1 Å². The molecule has 0 aliphatic carbocycles. The van der Waals surface area contributed by atoms with Gasteiger partial charge in [0.05, 0.1) is 24.7 Å². The lowest BCUT2D eigenvalue weighted by atomic mass is 9.95. The highest BCUT2D eigenvalue weighted by atomic mass is 35.5. The monoisotopic (exact) mass is 360 g/mol. The minimum Gasteiger partial charge on any atom is -0.507 e. The summed E-state index contributed by atoms with van der Waals surface area (Å²) in [7, 11) is 1.43. The van der Waals surface area contributed by atoms with Crippen molar-refractivity contribution in [2.24, 2.45) is 0 Å². The maximum Gasteiger partial charge on any atom is 0.208 e. The molecule has 25 heavy (non-hydrogen) atoms. The van der Waals surface area contributed by atoms with Gasteiger partial charge in [-0.15, -0.1) is 0 Å². The molecule has 3 heterocycles. The summed E-state index contributed by atoms with van der Waals surface area (Å²) in [5, 5.41) is 11.4. The fourth-order valence-corrected chi connectivity index (χ4v) is 3.99. The van der Waals surface area contributed by atoms with E-state index in [-0.39, 0.29) is 33.8 Å². The summed E-state index contributed by atoms with van der Waals surface area (Å²) >= 11 is 6.13. The van der Waals surface area contributed by atoms with E-state index in [9.17, 15) is 9.90 Å². The average molecular weight is 361 g/mol. The Labute approximate surface area is 146 Å². The van der Waals surface area contributed by atoms with E-state index in [2.05, 4.69) is 0 Å². The molecule has 2 aliphatic heterocycles. The molecule has 1 saturated heterocycles. The Hall–Kier alpha value is -2.44. The number of aromatic hydroxyl groups is 1. The molecule has 2 atom stereocenters. The third-order valence-electron chi connectivity index (χ3n) is 4.87. The first-order chi connectivity index (χ1) is 12.1. The van der Waals surface area contributed by atoms with Gasteiger partial charge in [0.15, 0.2) is 5.75 Å². The van der Waals surface area contributed by atoms with Gasteiger partial charge in [0.25, 0.3) is 0 Å². The van der Waals surface area contributed by atoms with Crippen molar-refractivity contribution in [3.8, 4) is 17.2 Å². The van der Waals surface area contributed by atoms with Crippen LogP contribution in [0.1, 0.15) is 17.9 Å². The largest absolute Gasteiger partial charge is 0.507 e. The van der Waals surface area contributed by atoms with Crippen molar-refractivity contribution in [3.05, 3.63) is 39.0 Å². The topological polar surface area (TPSA) is 78.1 Å². The predicted octanol–water partition coefficient (Wildman–Crippen LogP) is 3.54. The van der Waals surface area contributed by atoms with E-state index in [4.69, 9.17) is 30.2 Å². The van der Waals surface area contributed by atoms with Gasteiger partial charge in [-0.3, -0.25) is 4.79 Å². The molecule has 0 radical (unpaired) electrons. The standard InChI is InChI=1S/C18H13ClO6/c1-22-17-8(19)2-3-9-14(17)16(21)13-11(24-9)6-10-12(15(13)20)7-4-5-23-18(7)25-10/h2-3,6-7,18,20H,4-5H2,1H3/t7-,18+/m1/s1. The lowest BCUT2D eigenvalue weighted by Crippen LogP contribution is -2.13. The molecule has 2 aromatic carbocycles. The van der Waals surface area contributed by atoms with E-state index in [1.807, 2.05) is 0 Å². The predicted molar refractivity (Wildman–Crippen MR) is 90.9 cm³/mol. The van der Waals surface area contributed by atoms with E-state index < -0.39 is 11.7 Å². The summed E-state index contributed by atoms with van der Waals surface area (Å²) < 4.78 is 22.4. The summed E-state index contributed by atoms with van der Waals surface area (Å²) in [6.07, 6.45) is 0.302. The van der Waals surface area contributed by atoms with E-state index in [0.29, 0.717) is 28.5 Å². The number of phenolic OH excluding ortho intramolecular Hbond substituents is 1. The average Bonchev–Trinajstić information content (AvgIpc) is 3.15. The van der Waals surface area contributed by atoms with Gasteiger partial charge >= 0.3 is 0 Å². The van der Waals surface area contributed by atoms with Crippen molar-refractivity contribution in [3.63, 3.8) is 0 Å². The second kappa shape index (κ2) is 5.03. The smallest absolute Gasteiger partial charge is 0.208 e. The number of fused-ring (bicyclic) bond motifs is 5. The number of halogens is 1. The summed E-state index contributed by atoms with van der Waals surface area (Å²) in [6, 6.07) is 4.83. The molecule has 1 aromatic heterocycles. The van der Waals surface area contributed by atoms with Gasteiger partial charge in [-0.05, 0) is 18.6 Å². The van der Waals surface area contributed by atoms with Crippen LogP contribution in [0.3, 0.4) is 0 Å². The zero-order chi connectivity index (χ0) is 17.3. The second-order valence-electron chi connectivity index (χ2n) is 6.15. The highest BCUT2D eigenvalue weighted by molar-refractivity contribution is 6.33. The minimum absolute atomic E-state index is 0.0873. The molecule has 0 bridgehead atoms. The lowest BCUT2D eigenvalue weighted by molar-refractivity contribution is -0.0337. The van der Waals surface area contributed by atoms with E-state index in [1.54, 1.807) is 18.2 Å². The fraction of sp³-hybridized carbons (Fsp3) is 0.278. The Bertz CT molecular complexity index is 1100. The van der Waals surface area contributed by atoms with Gasteiger partial charge in [-0.2, -0.15) is 0 Å². The van der Waals surface area contributed by atoms with Crippen LogP contribution in [0.15, 0.2) is 27.4 Å². The van der Waals surface area contributed by atoms with Gasteiger partial charge in [-0.1, -0.05) is 11.6 Å². The number of hydrogen-bond donors (Lipinski definition) is 1. The van der Waals surface area contributed by atoms with Crippen LogP contribution in [0.2, 0.25) is 5.02 Å². The third kappa shape index (κ3) is 1.86. The Morgan fingerprint density at radius 2 is 2.12 bits per heavy atom. The number of hydrogen-bond acceptors (Lipinski definition) is 6. The Kier molecular flexibility index (Phi) is 2.99. The van der Waals surface area contributed by atoms with Crippen LogP contribution in [-0.2, 0) is 4.74 Å². The lowest BCUT2D eigenvalue weighted by Gasteiger charge is -2.11. The molecule has 1 fully saturated rings. The summed E-state index contributed by atoms with van der Waals surface area (Å²) in [4.78, 5) is 13.1. The van der Waals surface area contributed by atoms with Crippen molar-refractivity contribution >= 4 is 33.5 Å². The van der Waals surface area contributed by atoms with Crippen molar-refractivity contribution < 1.29 is 23.7 Å². The first kappa shape index (κ1) is 14.9. The van der Waals surface area contributed by atoms with Gasteiger partial charge in [0, 0.05) is 11.6 Å². The van der Waals surface area contributed by atoms with Crippen LogP contribution < -0.4 is 14.9 Å². The SMILES string of the molecule is COc1c(Cl)ccc2oc3cc4c(c(O)c3c(=O)c12)[C@H]1CCO[C@H]1O4. The highest BCUT2D eigenvalue weighted by Gasteiger charge is 2.42. The highest BCUT2D eigenvalue weighted by Crippen LogP contribution is 2.50. The van der Waals surface area contributed by atoms with Crippen LogP contribution >= 0.6 is 11.6 Å². The maximum atomic E-state index is 13.1. The van der Waals surface area contributed by atoms with Gasteiger partial charge < -0.3 is 23.7 Å². The quantitative estimate of drug-likeness (QED) is 0.669. The normalized spacial score (nSPS) is 21.4. The molecule has 7 heteroatoms. The molecule has 0 unspecified atom stereocenters. The first-order valence-corrected chi connectivity index (χ1v) is 8.25.